The van der Waals surface area contributed by atoms with Gasteiger partial charge < -0.3 is 29.9 Å². The van der Waals surface area contributed by atoms with Gasteiger partial charge in [-0.15, -0.1) is 0 Å². The van der Waals surface area contributed by atoms with Crippen molar-refractivity contribution in [3.63, 3.8) is 0 Å². The highest BCUT2D eigenvalue weighted by atomic mass is 35.5. The maximum Gasteiger partial charge on any atom is 0.342 e. The molecule has 6 atom stereocenters. The van der Waals surface area contributed by atoms with Gasteiger partial charge in [-0.05, 0) is 42.2 Å². The van der Waals surface area contributed by atoms with Crippen LogP contribution in [0.25, 0.3) is 0 Å². The van der Waals surface area contributed by atoms with Crippen molar-refractivity contribution < 1.29 is 34.7 Å². The van der Waals surface area contributed by atoms with Gasteiger partial charge in [0.05, 0.1) is 24.3 Å². The number of halogens is 1. The number of phenols is 1. The van der Waals surface area contributed by atoms with E-state index in [2.05, 4.69) is 0 Å². The number of aliphatic hydroxyl groups excluding tert-OH is 2. The third-order valence-electron chi connectivity index (χ3n) is 8.20. The van der Waals surface area contributed by atoms with Crippen molar-refractivity contribution in [2.45, 2.75) is 58.3 Å². The number of phenolic OH excluding ortho intramolecular Hbond substituents is 1. The summed E-state index contributed by atoms with van der Waals surface area (Å²) in [6, 6.07) is 1.25. The molecular weight excluding hydrogens is 436 g/mol. The summed E-state index contributed by atoms with van der Waals surface area (Å²) in [5, 5.41) is 43.6. The van der Waals surface area contributed by atoms with Crippen LogP contribution in [0.1, 0.15) is 49.5 Å². The number of hydrogen-bond acceptors (Lipinski definition) is 7. The molecule has 2 fully saturated rings. The van der Waals surface area contributed by atoms with Gasteiger partial charge >= 0.3 is 5.97 Å². The van der Waals surface area contributed by atoms with Crippen LogP contribution in [0.15, 0.2) is 17.7 Å². The highest BCUT2D eigenvalue weighted by Crippen LogP contribution is 2.68. The molecule has 4 rings (SSSR count). The molecule has 2 saturated carbocycles. The average Bonchev–Trinajstić information content (AvgIpc) is 2.95. The van der Waals surface area contributed by atoms with E-state index in [4.69, 9.17) is 21.1 Å². The largest absolute Gasteiger partial charge is 0.507 e. The van der Waals surface area contributed by atoms with Crippen LogP contribution in [-0.4, -0.2) is 57.9 Å². The molecule has 0 unspecified atom stereocenters. The Kier molecular flexibility index (Phi) is 5.37. The zero-order valence-corrected chi connectivity index (χ0v) is 19.7. The molecule has 0 aromatic heterocycles. The first-order valence-corrected chi connectivity index (χ1v) is 11.2. The highest BCUT2D eigenvalue weighted by molar-refractivity contribution is 6.33. The van der Waals surface area contributed by atoms with Gasteiger partial charge in [0.25, 0.3) is 0 Å². The number of benzene rings is 1. The second kappa shape index (κ2) is 7.35. The molecule has 4 N–H and O–H groups in total. The van der Waals surface area contributed by atoms with Crippen molar-refractivity contribution in [2.24, 2.45) is 22.7 Å². The van der Waals surface area contributed by atoms with E-state index in [0.29, 0.717) is 17.6 Å². The minimum atomic E-state index is -1.59. The lowest BCUT2D eigenvalue weighted by Crippen LogP contribution is -2.73. The number of aliphatic hydroxyl groups is 3. The topological polar surface area (TPSA) is 116 Å². The number of aromatic hydroxyl groups is 1. The van der Waals surface area contributed by atoms with Crippen molar-refractivity contribution in [3.05, 3.63) is 33.9 Å². The Labute approximate surface area is 192 Å². The number of ether oxygens (including phenoxy) is 2. The molecule has 3 aliphatic carbocycles. The van der Waals surface area contributed by atoms with Crippen molar-refractivity contribution in [3.8, 4) is 11.5 Å². The Morgan fingerprint density at radius 2 is 1.91 bits per heavy atom. The highest BCUT2D eigenvalue weighted by Gasteiger charge is 2.73. The van der Waals surface area contributed by atoms with Crippen molar-refractivity contribution in [1.29, 1.82) is 0 Å². The summed E-state index contributed by atoms with van der Waals surface area (Å²) in [6.07, 6.45) is 1.31. The smallest absolute Gasteiger partial charge is 0.342 e. The van der Waals surface area contributed by atoms with E-state index in [0.717, 1.165) is 6.42 Å². The van der Waals surface area contributed by atoms with E-state index in [1.54, 1.807) is 6.92 Å². The number of rotatable bonds is 4. The number of fused-ring (bicyclic) bond motifs is 3. The second-order valence-electron chi connectivity index (χ2n) is 10.4. The van der Waals surface area contributed by atoms with Gasteiger partial charge in [-0.2, -0.15) is 0 Å². The number of hydrogen-bond donors (Lipinski definition) is 4. The standard InChI is InChI=1S/C24H31ClO7/c1-11-17(14(26)7-15(31-5)19(11)25)21(29)32-10-13-6-12-8-22(2,3)20(28)18(12)23(4)9-16(27)24(13,23)30/h6-7,12,16,18,20,26-28,30H,8-10H2,1-5H3/t12-,16-,18-,20-,23-,24+/m1/s1. The lowest BCUT2D eigenvalue weighted by Gasteiger charge is -2.65. The van der Waals surface area contributed by atoms with Crippen LogP contribution < -0.4 is 4.74 Å². The zero-order valence-electron chi connectivity index (χ0n) is 19.0. The number of carbonyl (C=O) groups is 1. The number of carbonyl (C=O) groups excluding carboxylic acids is 1. The Morgan fingerprint density at radius 1 is 1.25 bits per heavy atom. The number of esters is 1. The lowest BCUT2D eigenvalue weighted by molar-refractivity contribution is -0.261. The number of allylic oxidation sites excluding steroid dienone is 1. The van der Waals surface area contributed by atoms with Crippen LogP contribution in [0.3, 0.4) is 0 Å². The SMILES string of the molecule is COc1cc(O)c(C(=O)OCC2=C[C@@H]3CC(C)(C)[C@H](O)[C@@H]3[C@@]3(C)C[C@@H](O)[C@@]23O)c(C)c1Cl. The predicted molar refractivity (Wildman–Crippen MR) is 118 cm³/mol. The number of methoxy groups -OCH3 is 1. The molecule has 1 aromatic rings. The van der Waals surface area contributed by atoms with Crippen LogP contribution in [0.5, 0.6) is 11.5 Å². The molecule has 176 valence electrons. The summed E-state index contributed by atoms with van der Waals surface area (Å²) < 4.78 is 10.6. The quantitative estimate of drug-likeness (QED) is 0.398. The first-order chi connectivity index (χ1) is 14.8. The van der Waals surface area contributed by atoms with E-state index in [9.17, 15) is 25.2 Å². The van der Waals surface area contributed by atoms with E-state index < -0.39 is 29.2 Å². The minimum Gasteiger partial charge on any atom is -0.507 e. The van der Waals surface area contributed by atoms with Gasteiger partial charge in [-0.3, -0.25) is 0 Å². The molecule has 0 heterocycles. The molecule has 0 spiro atoms. The fourth-order valence-corrected chi connectivity index (χ4v) is 6.62. The maximum absolute atomic E-state index is 12.8. The van der Waals surface area contributed by atoms with Gasteiger partial charge in [0.2, 0.25) is 0 Å². The average molecular weight is 467 g/mol. The fourth-order valence-electron chi connectivity index (χ4n) is 6.40. The first-order valence-electron chi connectivity index (χ1n) is 10.8. The van der Waals surface area contributed by atoms with Gasteiger partial charge in [-0.25, -0.2) is 4.79 Å². The summed E-state index contributed by atoms with van der Waals surface area (Å²) in [4.78, 5) is 12.8. The van der Waals surface area contributed by atoms with E-state index in [1.165, 1.54) is 13.2 Å². The summed E-state index contributed by atoms with van der Waals surface area (Å²) in [5.74, 6) is -1.07. The van der Waals surface area contributed by atoms with Crippen molar-refractivity contribution >= 4 is 17.6 Å². The van der Waals surface area contributed by atoms with Crippen LogP contribution in [0.4, 0.5) is 0 Å². The Bertz CT molecular complexity index is 1000. The summed E-state index contributed by atoms with van der Waals surface area (Å²) in [6.45, 7) is 7.22. The molecular formula is C24H31ClO7. The van der Waals surface area contributed by atoms with Gasteiger partial charge in [0, 0.05) is 17.4 Å². The van der Waals surface area contributed by atoms with Crippen LogP contribution in [0, 0.1) is 29.6 Å². The third kappa shape index (κ3) is 2.94. The zero-order chi connectivity index (χ0) is 23.8. The van der Waals surface area contributed by atoms with Gasteiger partial charge in [0.15, 0.2) is 0 Å². The molecule has 8 heteroatoms. The van der Waals surface area contributed by atoms with E-state index in [-0.39, 0.29) is 45.9 Å². The molecule has 32 heavy (non-hydrogen) atoms. The molecule has 3 aliphatic rings. The molecule has 7 nitrogen and oxygen atoms in total. The molecule has 0 amide bonds. The van der Waals surface area contributed by atoms with Gasteiger partial charge in [-0.1, -0.05) is 38.4 Å². The summed E-state index contributed by atoms with van der Waals surface area (Å²) in [7, 11) is 1.41. The summed E-state index contributed by atoms with van der Waals surface area (Å²) in [5.41, 5.74) is -1.99. The molecule has 0 aliphatic heterocycles. The van der Waals surface area contributed by atoms with Crippen LogP contribution in [-0.2, 0) is 4.74 Å². The molecule has 1 aromatic carbocycles. The minimum absolute atomic E-state index is 0.00273. The van der Waals surface area contributed by atoms with E-state index in [1.807, 2.05) is 26.8 Å². The second-order valence-corrected chi connectivity index (χ2v) is 10.8. The van der Waals surface area contributed by atoms with E-state index >= 15 is 0 Å². The van der Waals surface area contributed by atoms with Gasteiger partial charge in [0.1, 0.15) is 29.3 Å². The Morgan fingerprint density at radius 3 is 2.50 bits per heavy atom. The van der Waals surface area contributed by atoms with Crippen molar-refractivity contribution in [2.75, 3.05) is 13.7 Å². The monoisotopic (exact) mass is 466 g/mol. The maximum atomic E-state index is 12.8. The first kappa shape index (κ1) is 23.4. The molecule has 0 radical (unpaired) electrons. The predicted octanol–water partition coefficient (Wildman–Crippen LogP) is 2.98. The Hall–Kier alpha value is -1.80. The molecule has 0 bridgehead atoms. The Balaban J connectivity index is 1.63. The molecule has 0 saturated heterocycles. The lowest BCUT2D eigenvalue weighted by atomic mass is 9.44. The fraction of sp³-hybridized carbons (Fsp3) is 0.625. The third-order valence-corrected chi connectivity index (χ3v) is 8.67. The normalized spacial score (nSPS) is 37.1. The van der Waals surface area contributed by atoms with Crippen LogP contribution >= 0.6 is 11.6 Å². The van der Waals surface area contributed by atoms with Crippen molar-refractivity contribution in [1.82, 2.24) is 0 Å². The summed E-state index contributed by atoms with van der Waals surface area (Å²) >= 11 is 6.22. The van der Waals surface area contributed by atoms with Crippen LogP contribution in [0.2, 0.25) is 5.02 Å².